The summed E-state index contributed by atoms with van der Waals surface area (Å²) in [6.07, 6.45) is 1.66. The van der Waals surface area contributed by atoms with E-state index in [9.17, 15) is 0 Å². The van der Waals surface area contributed by atoms with Gasteiger partial charge in [-0.1, -0.05) is 59.8 Å². The van der Waals surface area contributed by atoms with E-state index < -0.39 is 0 Å². The van der Waals surface area contributed by atoms with Gasteiger partial charge in [-0.15, -0.1) is 11.6 Å². The molecule has 0 saturated carbocycles. The average molecular weight is 270 g/mol. The SMILES string of the molecule is ClCc1cnoc1-c1ccc(-c2ccccc2)cc1. The van der Waals surface area contributed by atoms with E-state index in [1.807, 2.05) is 30.3 Å². The van der Waals surface area contributed by atoms with E-state index in [4.69, 9.17) is 16.1 Å². The van der Waals surface area contributed by atoms with Crippen LogP contribution in [0.25, 0.3) is 22.5 Å². The highest BCUT2D eigenvalue weighted by molar-refractivity contribution is 6.17. The molecule has 0 aliphatic rings. The van der Waals surface area contributed by atoms with Crippen LogP contribution in [-0.2, 0) is 5.88 Å². The highest BCUT2D eigenvalue weighted by Crippen LogP contribution is 2.27. The van der Waals surface area contributed by atoms with Crippen molar-refractivity contribution < 1.29 is 4.52 Å². The van der Waals surface area contributed by atoms with Gasteiger partial charge in [0.25, 0.3) is 0 Å². The first-order valence-corrected chi connectivity index (χ1v) is 6.57. The lowest BCUT2D eigenvalue weighted by Gasteiger charge is -2.03. The largest absolute Gasteiger partial charge is 0.356 e. The number of hydrogen-bond acceptors (Lipinski definition) is 2. The van der Waals surface area contributed by atoms with Crippen molar-refractivity contribution in [3.05, 3.63) is 66.4 Å². The van der Waals surface area contributed by atoms with Gasteiger partial charge in [-0.05, 0) is 11.1 Å². The Morgan fingerprint density at radius 1 is 0.842 bits per heavy atom. The van der Waals surface area contributed by atoms with Crippen LogP contribution in [0, 0.1) is 0 Å². The fourth-order valence-electron chi connectivity index (χ4n) is 2.04. The van der Waals surface area contributed by atoms with Crippen LogP contribution in [0.2, 0.25) is 0 Å². The Labute approximate surface area is 116 Å². The lowest BCUT2D eigenvalue weighted by molar-refractivity contribution is 0.432. The Morgan fingerprint density at radius 3 is 2.16 bits per heavy atom. The summed E-state index contributed by atoms with van der Waals surface area (Å²) in [5.41, 5.74) is 4.28. The van der Waals surface area contributed by atoms with Crippen LogP contribution >= 0.6 is 11.6 Å². The van der Waals surface area contributed by atoms with Crippen molar-refractivity contribution in [3.63, 3.8) is 0 Å². The van der Waals surface area contributed by atoms with Gasteiger partial charge in [0.2, 0.25) is 0 Å². The molecule has 0 fully saturated rings. The molecule has 0 N–H and O–H groups in total. The van der Waals surface area contributed by atoms with Crippen LogP contribution in [-0.4, -0.2) is 5.16 Å². The van der Waals surface area contributed by atoms with Crippen LogP contribution in [0.1, 0.15) is 5.56 Å². The van der Waals surface area contributed by atoms with Crippen molar-refractivity contribution in [2.75, 3.05) is 0 Å². The first kappa shape index (κ1) is 12.0. The molecule has 0 atom stereocenters. The molecule has 0 unspecified atom stereocenters. The van der Waals surface area contributed by atoms with Crippen LogP contribution in [0.3, 0.4) is 0 Å². The van der Waals surface area contributed by atoms with Crippen LogP contribution in [0.15, 0.2) is 65.3 Å². The van der Waals surface area contributed by atoms with Crippen molar-refractivity contribution in [1.82, 2.24) is 5.16 Å². The summed E-state index contributed by atoms with van der Waals surface area (Å²) in [4.78, 5) is 0. The molecule has 0 amide bonds. The Hall–Kier alpha value is -2.06. The molecule has 1 heterocycles. The molecule has 0 spiro atoms. The molecule has 2 aromatic carbocycles. The van der Waals surface area contributed by atoms with Gasteiger partial charge in [0, 0.05) is 11.1 Å². The second-order valence-electron chi connectivity index (χ2n) is 4.26. The molecule has 1 aromatic heterocycles. The summed E-state index contributed by atoms with van der Waals surface area (Å²) in [6.45, 7) is 0. The van der Waals surface area contributed by atoms with Gasteiger partial charge >= 0.3 is 0 Å². The standard InChI is InChI=1S/C16H12ClNO/c17-10-15-11-18-19-16(15)14-8-6-13(7-9-14)12-4-2-1-3-5-12/h1-9,11H,10H2. The predicted molar refractivity (Wildman–Crippen MR) is 76.9 cm³/mol. The van der Waals surface area contributed by atoms with E-state index in [1.54, 1.807) is 6.20 Å². The average Bonchev–Trinajstić information content (AvgIpc) is 2.97. The third-order valence-corrected chi connectivity index (χ3v) is 3.33. The maximum absolute atomic E-state index is 5.85. The Kier molecular flexibility index (Phi) is 3.34. The van der Waals surface area contributed by atoms with Crippen LogP contribution < -0.4 is 0 Å². The van der Waals surface area contributed by atoms with E-state index in [-0.39, 0.29) is 0 Å². The van der Waals surface area contributed by atoms with E-state index in [2.05, 4.69) is 29.4 Å². The molecule has 0 bridgehead atoms. The molecular weight excluding hydrogens is 258 g/mol. The van der Waals surface area contributed by atoms with Gasteiger partial charge in [0.05, 0.1) is 12.1 Å². The number of hydrogen-bond donors (Lipinski definition) is 0. The normalized spacial score (nSPS) is 10.6. The van der Waals surface area contributed by atoms with Gasteiger partial charge in [-0.25, -0.2) is 0 Å². The summed E-state index contributed by atoms with van der Waals surface area (Å²) >= 11 is 5.85. The highest BCUT2D eigenvalue weighted by atomic mass is 35.5. The molecule has 3 aromatic rings. The first-order chi connectivity index (χ1) is 9.38. The second-order valence-corrected chi connectivity index (χ2v) is 4.52. The summed E-state index contributed by atoms with van der Waals surface area (Å²) < 4.78 is 5.25. The monoisotopic (exact) mass is 269 g/mol. The van der Waals surface area contributed by atoms with Crippen LogP contribution in [0.4, 0.5) is 0 Å². The minimum absolute atomic E-state index is 0.402. The van der Waals surface area contributed by atoms with E-state index in [0.29, 0.717) is 5.88 Å². The Bertz CT molecular complexity index is 659. The van der Waals surface area contributed by atoms with Crippen molar-refractivity contribution in [2.45, 2.75) is 5.88 Å². The van der Waals surface area contributed by atoms with Crippen molar-refractivity contribution in [1.29, 1.82) is 0 Å². The van der Waals surface area contributed by atoms with Gasteiger partial charge in [-0.3, -0.25) is 0 Å². The molecule has 0 aliphatic carbocycles. The molecule has 0 aliphatic heterocycles. The third-order valence-electron chi connectivity index (χ3n) is 3.04. The second kappa shape index (κ2) is 5.29. The fourth-order valence-corrected chi connectivity index (χ4v) is 2.23. The lowest BCUT2D eigenvalue weighted by atomic mass is 10.0. The number of benzene rings is 2. The zero-order chi connectivity index (χ0) is 13.1. The number of nitrogens with zero attached hydrogens (tertiary/aromatic N) is 1. The Morgan fingerprint density at radius 2 is 1.47 bits per heavy atom. The maximum atomic E-state index is 5.85. The Balaban J connectivity index is 1.96. The minimum Gasteiger partial charge on any atom is -0.356 e. The zero-order valence-electron chi connectivity index (χ0n) is 10.2. The summed E-state index contributed by atoms with van der Waals surface area (Å²) in [5, 5.41) is 3.79. The van der Waals surface area contributed by atoms with Crippen molar-refractivity contribution in [2.24, 2.45) is 0 Å². The minimum atomic E-state index is 0.402. The number of aromatic nitrogens is 1. The van der Waals surface area contributed by atoms with Gasteiger partial charge < -0.3 is 4.52 Å². The number of rotatable bonds is 3. The number of halogens is 1. The van der Waals surface area contributed by atoms with Crippen molar-refractivity contribution >= 4 is 11.6 Å². The van der Waals surface area contributed by atoms with Crippen LogP contribution in [0.5, 0.6) is 0 Å². The quantitative estimate of drug-likeness (QED) is 0.642. The van der Waals surface area contributed by atoms with Gasteiger partial charge in [0.1, 0.15) is 0 Å². The highest BCUT2D eigenvalue weighted by Gasteiger charge is 2.09. The number of alkyl halides is 1. The molecule has 0 radical (unpaired) electrons. The smallest absolute Gasteiger partial charge is 0.171 e. The topological polar surface area (TPSA) is 26.0 Å². The van der Waals surface area contributed by atoms with E-state index in [0.717, 1.165) is 16.9 Å². The molecule has 94 valence electrons. The third kappa shape index (κ3) is 2.40. The molecule has 0 saturated heterocycles. The molecule has 3 rings (SSSR count). The summed E-state index contributed by atoms with van der Waals surface area (Å²) in [5.74, 6) is 1.15. The molecule has 19 heavy (non-hydrogen) atoms. The predicted octanol–water partition coefficient (Wildman–Crippen LogP) is 4.75. The summed E-state index contributed by atoms with van der Waals surface area (Å²) in [7, 11) is 0. The molecule has 3 heteroatoms. The van der Waals surface area contributed by atoms with E-state index in [1.165, 1.54) is 11.1 Å². The first-order valence-electron chi connectivity index (χ1n) is 6.04. The zero-order valence-corrected chi connectivity index (χ0v) is 11.0. The van der Waals surface area contributed by atoms with Gasteiger partial charge in [0.15, 0.2) is 5.76 Å². The molecule has 2 nitrogen and oxygen atoms in total. The van der Waals surface area contributed by atoms with Crippen molar-refractivity contribution in [3.8, 4) is 22.5 Å². The maximum Gasteiger partial charge on any atom is 0.171 e. The van der Waals surface area contributed by atoms with E-state index >= 15 is 0 Å². The summed E-state index contributed by atoms with van der Waals surface area (Å²) in [6, 6.07) is 18.5. The van der Waals surface area contributed by atoms with Gasteiger partial charge in [-0.2, -0.15) is 0 Å². The fraction of sp³-hybridized carbons (Fsp3) is 0.0625. The molecular formula is C16H12ClNO. The lowest BCUT2D eigenvalue weighted by Crippen LogP contribution is -1.82.